The second-order valence-corrected chi connectivity index (χ2v) is 5.55. The van der Waals surface area contributed by atoms with Crippen LogP contribution in [0.5, 0.6) is 5.75 Å². The van der Waals surface area contributed by atoms with Crippen molar-refractivity contribution in [3.05, 3.63) is 28.8 Å². The van der Waals surface area contributed by atoms with Crippen molar-refractivity contribution in [3.8, 4) is 5.75 Å². The molecule has 0 atom stereocenters. The molecule has 0 saturated carbocycles. The molecule has 0 spiro atoms. The van der Waals surface area contributed by atoms with E-state index >= 15 is 0 Å². The van der Waals surface area contributed by atoms with Crippen LogP contribution in [0.1, 0.15) is 25.3 Å². The van der Waals surface area contributed by atoms with Gasteiger partial charge in [0.2, 0.25) is 0 Å². The van der Waals surface area contributed by atoms with Crippen molar-refractivity contribution in [3.63, 3.8) is 0 Å². The molecule has 1 aromatic rings. The van der Waals surface area contributed by atoms with Gasteiger partial charge in [0.25, 0.3) is 5.91 Å². The van der Waals surface area contributed by atoms with Gasteiger partial charge < -0.3 is 19.5 Å². The molecule has 0 aliphatic rings. The number of amides is 1. The molecule has 0 aliphatic carbocycles. The zero-order valence-corrected chi connectivity index (χ0v) is 15.1. The maximum atomic E-state index is 11.6. The first-order chi connectivity index (χ1) is 11.9. The average molecular weight is 372 g/mol. The Morgan fingerprint density at radius 1 is 1.12 bits per heavy atom. The van der Waals surface area contributed by atoms with Gasteiger partial charge in [0.15, 0.2) is 13.2 Å². The Morgan fingerprint density at radius 2 is 1.88 bits per heavy atom. The molecule has 0 unspecified atom stereocenters. The van der Waals surface area contributed by atoms with Crippen LogP contribution in [-0.4, -0.2) is 44.2 Å². The van der Waals surface area contributed by atoms with Gasteiger partial charge in [0.1, 0.15) is 5.75 Å². The Morgan fingerprint density at radius 3 is 2.56 bits per heavy atom. The van der Waals surface area contributed by atoms with Crippen LogP contribution in [0.15, 0.2) is 18.2 Å². The number of rotatable bonds is 10. The minimum atomic E-state index is -0.656. The lowest BCUT2D eigenvalue weighted by molar-refractivity contribution is -0.150. The Balaban J connectivity index is 2.16. The summed E-state index contributed by atoms with van der Waals surface area (Å²) < 4.78 is 14.9. The number of halogens is 1. The van der Waals surface area contributed by atoms with Gasteiger partial charge in [-0.3, -0.25) is 9.59 Å². The Kier molecular flexibility index (Phi) is 9.39. The van der Waals surface area contributed by atoms with E-state index in [1.54, 1.807) is 32.0 Å². The van der Waals surface area contributed by atoms with Crippen LogP contribution in [0.2, 0.25) is 5.02 Å². The molecule has 1 rings (SSSR count). The minimum Gasteiger partial charge on any atom is -0.482 e. The van der Waals surface area contributed by atoms with Crippen LogP contribution < -0.4 is 10.1 Å². The smallest absolute Gasteiger partial charge is 0.344 e. The average Bonchev–Trinajstić information content (AvgIpc) is 2.56. The molecule has 0 bridgehead atoms. The number of carbonyl (C=O) groups is 3. The van der Waals surface area contributed by atoms with E-state index < -0.39 is 18.5 Å². The van der Waals surface area contributed by atoms with Crippen LogP contribution in [-0.2, 0) is 23.9 Å². The molecule has 138 valence electrons. The molecule has 8 heteroatoms. The number of carbonyl (C=O) groups excluding carboxylic acids is 3. The van der Waals surface area contributed by atoms with E-state index in [-0.39, 0.29) is 19.0 Å². The molecule has 7 nitrogen and oxygen atoms in total. The monoisotopic (exact) mass is 371 g/mol. The van der Waals surface area contributed by atoms with Crippen molar-refractivity contribution in [2.45, 2.75) is 26.7 Å². The number of ether oxygens (including phenoxy) is 3. The quantitative estimate of drug-likeness (QED) is 0.500. The molecule has 1 aromatic carbocycles. The number of hydrogen-bond acceptors (Lipinski definition) is 6. The molecule has 0 heterocycles. The molecule has 1 amide bonds. The topological polar surface area (TPSA) is 90.9 Å². The van der Waals surface area contributed by atoms with Gasteiger partial charge in [-0.05, 0) is 44.0 Å². The molecular formula is C17H22ClNO6. The molecule has 0 aliphatic heterocycles. The first-order valence-electron chi connectivity index (χ1n) is 7.89. The summed E-state index contributed by atoms with van der Waals surface area (Å²) in [5, 5.41) is 3.12. The summed E-state index contributed by atoms with van der Waals surface area (Å²) in [6.07, 6.45) is 0.680. The largest absolute Gasteiger partial charge is 0.482 e. The lowest BCUT2D eigenvalue weighted by Gasteiger charge is -2.09. The molecule has 25 heavy (non-hydrogen) atoms. The third-order valence-corrected chi connectivity index (χ3v) is 3.27. The fraction of sp³-hybridized carbons (Fsp3) is 0.471. The Labute approximate surface area is 151 Å². The number of hydrogen-bond donors (Lipinski definition) is 1. The van der Waals surface area contributed by atoms with E-state index in [4.69, 9.17) is 25.8 Å². The summed E-state index contributed by atoms with van der Waals surface area (Å²) in [6.45, 7) is 3.45. The van der Waals surface area contributed by atoms with Gasteiger partial charge in [0.05, 0.1) is 6.61 Å². The van der Waals surface area contributed by atoms with Crippen LogP contribution in [0, 0.1) is 6.92 Å². The van der Waals surface area contributed by atoms with Gasteiger partial charge in [-0.2, -0.15) is 0 Å². The standard InChI is InChI=1S/C17H22ClNO6/c1-3-23-16(21)5-4-8-19-15(20)10-25-17(22)11-24-14-7-6-13(18)9-12(14)2/h6-7,9H,3-5,8,10-11H2,1-2H3,(H,19,20). The number of esters is 2. The second kappa shape index (κ2) is 11.3. The van der Waals surface area contributed by atoms with Crippen molar-refractivity contribution in [2.75, 3.05) is 26.4 Å². The predicted octanol–water partition coefficient (Wildman–Crippen LogP) is 2.03. The number of aryl methyl sites for hydroxylation is 1. The summed E-state index contributed by atoms with van der Waals surface area (Å²) in [4.78, 5) is 34.2. The van der Waals surface area contributed by atoms with E-state index in [0.717, 1.165) is 5.56 Å². The highest BCUT2D eigenvalue weighted by molar-refractivity contribution is 6.30. The predicted molar refractivity (Wildman–Crippen MR) is 91.5 cm³/mol. The third kappa shape index (κ3) is 8.95. The fourth-order valence-electron chi connectivity index (χ4n) is 1.84. The molecule has 0 fully saturated rings. The zero-order valence-electron chi connectivity index (χ0n) is 14.3. The van der Waals surface area contributed by atoms with Crippen molar-refractivity contribution in [1.29, 1.82) is 0 Å². The summed E-state index contributed by atoms with van der Waals surface area (Å²) in [7, 11) is 0. The minimum absolute atomic E-state index is 0.224. The summed E-state index contributed by atoms with van der Waals surface area (Å²) >= 11 is 5.83. The maximum Gasteiger partial charge on any atom is 0.344 e. The lowest BCUT2D eigenvalue weighted by atomic mass is 10.2. The summed E-state index contributed by atoms with van der Waals surface area (Å²) in [5.41, 5.74) is 0.791. The van der Waals surface area contributed by atoms with E-state index in [0.29, 0.717) is 30.3 Å². The van der Waals surface area contributed by atoms with Crippen molar-refractivity contribution < 1.29 is 28.6 Å². The first-order valence-corrected chi connectivity index (χ1v) is 8.27. The van der Waals surface area contributed by atoms with Gasteiger partial charge in [-0.15, -0.1) is 0 Å². The van der Waals surface area contributed by atoms with Crippen LogP contribution in [0.4, 0.5) is 0 Å². The van der Waals surface area contributed by atoms with Gasteiger partial charge in [-0.25, -0.2) is 4.79 Å². The normalized spacial score (nSPS) is 10.0. The summed E-state index contributed by atoms with van der Waals surface area (Å²) in [6, 6.07) is 5.02. The van der Waals surface area contributed by atoms with Gasteiger partial charge in [-0.1, -0.05) is 11.6 Å². The van der Waals surface area contributed by atoms with Crippen LogP contribution in [0.3, 0.4) is 0 Å². The van der Waals surface area contributed by atoms with Crippen molar-refractivity contribution >= 4 is 29.4 Å². The molecule has 0 aromatic heterocycles. The summed E-state index contributed by atoms with van der Waals surface area (Å²) in [5.74, 6) is -0.890. The highest BCUT2D eigenvalue weighted by atomic mass is 35.5. The first kappa shape index (κ1) is 20.8. The second-order valence-electron chi connectivity index (χ2n) is 5.12. The molecular weight excluding hydrogens is 350 g/mol. The van der Waals surface area contributed by atoms with Crippen molar-refractivity contribution in [1.82, 2.24) is 5.32 Å². The lowest BCUT2D eigenvalue weighted by Crippen LogP contribution is -2.30. The number of benzene rings is 1. The maximum absolute atomic E-state index is 11.6. The zero-order chi connectivity index (χ0) is 18.7. The van der Waals surface area contributed by atoms with Gasteiger partial charge >= 0.3 is 11.9 Å². The van der Waals surface area contributed by atoms with E-state index in [9.17, 15) is 14.4 Å². The Bertz CT molecular complexity index is 605. The van der Waals surface area contributed by atoms with Crippen LogP contribution in [0.25, 0.3) is 0 Å². The van der Waals surface area contributed by atoms with Crippen LogP contribution >= 0.6 is 11.6 Å². The SMILES string of the molecule is CCOC(=O)CCCNC(=O)COC(=O)COc1ccc(Cl)cc1C. The highest BCUT2D eigenvalue weighted by Crippen LogP contribution is 2.21. The highest BCUT2D eigenvalue weighted by Gasteiger charge is 2.10. The van der Waals surface area contributed by atoms with Gasteiger partial charge in [0, 0.05) is 18.0 Å². The fourth-order valence-corrected chi connectivity index (χ4v) is 2.07. The molecule has 1 N–H and O–H groups in total. The molecule has 0 radical (unpaired) electrons. The Hall–Kier alpha value is -2.28. The van der Waals surface area contributed by atoms with E-state index in [2.05, 4.69) is 5.32 Å². The molecule has 0 saturated heterocycles. The van der Waals surface area contributed by atoms with E-state index in [1.807, 2.05) is 0 Å². The number of nitrogens with one attached hydrogen (secondary N) is 1. The third-order valence-electron chi connectivity index (χ3n) is 3.03. The van der Waals surface area contributed by atoms with Crippen molar-refractivity contribution in [2.24, 2.45) is 0 Å². The van der Waals surface area contributed by atoms with E-state index in [1.165, 1.54) is 0 Å².